The Hall–Kier alpha value is -4.01. The van der Waals surface area contributed by atoms with Crippen molar-refractivity contribution in [3.05, 3.63) is 47.6 Å². The van der Waals surface area contributed by atoms with E-state index in [0.717, 1.165) is 12.0 Å². The number of rotatable bonds is 10. The lowest BCUT2D eigenvalue weighted by atomic mass is 9.78. The van der Waals surface area contributed by atoms with Crippen molar-refractivity contribution >= 4 is 29.2 Å². The van der Waals surface area contributed by atoms with Crippen molar-refractivity contribution in [3.63, 3.8) is 0 Å². The van der Waals surface area contributed by atoms with Gasteiger partial charge in [-0.1, -0.05) is 77.5 Å². The number of carbonyl (C=O) groups is 5. The quantitative estimate of drug-likeness (QED) is 0.0762. The average molecular weight is 982 g/mol. The second kappa shape index (κ2) is 28.3. The van der Waals surface area contributed by atoms with Crippen LogP contribution >= 0.6 is 0 Å². The van der Waals surface area contributed by atoms with Gasteiger partial charge in [-0.15, -0.1) is 0 Å². The number of carbonyl (C=O) groups excluding carboxylic acids is 5. The summed E-state index contributed by atoms with van der Waals surface area (Å²) in [6.45, 7) is 13.4. The summed E-state index contributed by atoms with van der Waals surface area (Å²) in [4.78, 5) is 72.3. The molecular formula is C55H83NO14. The van der Waals surface area contributed by atoms with Crippen molar-refractivity contribution < 1.29 is 67.3 Å². The predicted molar refractivity (Wildman–Crippen MR) is 264 cm³/mol. The van der Waals surface area contributed by atoms with Crippen molar-refractivity contribution in [3.8, 4) is 12.5 Å². The molecule has 0 aromatic heterocycles. The summed E-state index contributed by atoms with van der Waals surface area (Å²) < 4.78 is 40.8. The van der Waals surface area contributed by atoms with Crippen molar-refractivity contribution in [1.29, 1.82) is 0 Å². The van der Waals surface area contributed by atoms with Crippen molar-refractivity contribution in [1.82, 2.24) is 4.90 Å². The van der Waals surface area contributed by atoms with Gasteiger partial charge in [0.2, 0.25) is 5.79 Å². The number of piperidine rings is 1. The lowest BCUT2D eigenvalue weighted by molar-refractivity contribution is -0.265. The van der Waals surface area contributed by atoms with Gasteiger partial charge in [0.15, 0.2) is 5.78 Å². The van der Waals surface area contributed by atoms with Gasteiger partial charge in [-0.05, 0) is 107 Å². The Kier molecular flexibility index (Phi) is 23.7. The normalized spacial score (nSPS) is 38.2. The number of ketones is 3. The number of Topliss-reactive ketones (excluding diaryl/α,β-unsaturated/α-hetero) is 3. The number of amides is 1. The van der Waals surface area contributed by atoms with Crippen LogP contribution in [0, 0.1) is 48.0 Å². The van der Waals surface area contributed by atoms with E-state index in [4.69, 9.17) is 39.6 Å². The van der Waals surface area contributed by atoms with E-state index in [2.05, 4.69) is 6.11 Å². The number of ether oxygens (including phenoxy) is 7. The van der Waals surface area contributed by atoms with Gasteiger partial charge >= 0.3 is 5.97 Å². The molecular weight excluding hydrogens is 899 g/mol. The van der Waals surface area contributed by atoms with Crippen LogP contribution in [0.4, 0.5) is 0 Å². The average Bonchev–Trinajstić information content (AvgIpc) is 3.34. The molecule has 15 nitrogen and oxygen atoms in total. The largest absolute Gasteiger partial charge is 0.460 e. The number of esters is 1. The van der Waals surface area contributed by atoms with Gasteiger partial charge in [0.05, 0.1) is 31.0 Å². The lowest BCUT2D eigenvalue weighted by Crippen LogP contribution is -2.61. The van der Waals surface area contributed by atoms with Crippen LogP contribution in [0.2, 0.25) is 0 Å². The zero-order chi connectivity index (χ0) is 51.7. The van der Waals surface area contributed by atoms with E-state index in [0.29, 0.717) is 70.0 Å². The van der Waals surface area contributed by atoms with Crippen LogP contribution < -0.4 is 0 Å². The molecule has 2 N–H and O–H groups in total. The highest BCUT2D eigenvalue weighted by Crippen LogP contribution is 2.38. The van der Waals surface area contributed by atoms with E-state index in [1.807, 2.05) is 58.1 Å². The van der Waals surface area contributed by atoms with E-state index in [1.54, 1.807) is 41.1 Å². The number of terminal acetylenes is 1. The monoisotopic (exact) mass is 982 g/mol. The van der Waals surface area contributed by atoms with Crippen LogP contribution in [0.15, 0.2) is 47.6 Å². The van der Waals surface area contributed by atoms with Crippen LogP contribution in [0.3, 0.4) is 0 Å². The summed E-state index contributed by atoms with van der Waals surface area (Å²) in [6.07, 6.45) is 19.4. The molecule has 0 aromatic rings. The predicted octanol–water partition coefficient (Wildman–Crippen LogP) is 6.81. The van der Waals surface area contributed by atoms with E-state index in [-0.39, 0.29) is 67.5 Å². The van der Waals surface area contributed by atoms with Crippen molar-refractivity contribution in [2.45, 2.75) is 180 Å². The molecule has 3 aliphatic heterocycles. The highest BCUT2D eigenvalue weighted by molar-refractivity contribution is 6.39. The first kappa shape index (κ1) is 58.6. The van der Waals surface area contributed by atoms with E-state index < -0.39 is 77.8 Å². The van der Waals surface area contributed by atoms with Crippen molar-refractivity contribution in [2.75, 3.05) is 41.1 Å². The molecule has 70 heavy (non-hydrogen) atoms. The summed E-state index contributed by atoms with van der Waals surface area (Å²) in [5.74, 6) is -7.98. The van der Waals surface area contributed by atoms with E-state index in [9.17, 15) is 34.2 Å². The SMILES string of the molecule is C#COCCO[C@@H]1CC[C@@H](C[C@@H](C)[C@@H]2CC(=O)[C@H](C)/C=C(\C)[C@@H](O)[C@@H](OC)C(=O)[C@H](C)C[C@H](C)/C=C/C=C/C=C(\C)[C@@H](OC)C[C@@H]3CC[C@@H](C)[C@](O)(O3)C(=O)C(=O)N3CCCC[C@H]3C(=O)O2)C[C@H]1OC. The van der Waals surface area contributed by atoms with E-state index >= 15 is 0 Å². The Morgan fingerprint density at radius 1 is 0.871 bits per heavy atom. The van der Waals surface area contributed by atoms with E-state index in [1.165, 1.54) is 12.0 Å². The standard InChI is InChI=1S/C55H83NO14/c1-12-67-26-27-68-45-24-22-41(31-48(45)65-10)30-37(5)47-33-44(57)36(4)29-39(7)50(59)51(66-11)49(58)38(6)28-34(2)18-14-13-15-19-35(3)46(64-9)32-42-23-21-40(8)55(63,70-42)52(60)53(61)56-25-17-16-20-43(56)54(62)69-47/h1,13-15,18-19,29,34,36-38,40-43,45-48,50-51,59,63H,16-17,20-28,30-33H2,2-11H3/b15-13+,18-14+,35-19+,39-29+/t34-,36-,37-,38-,40-,41+,42+,43+,45-,46+,47+,48-,50-,51+,55+/m1/s1. The van der Waals surface area contributed by atoms with Crippen LogP contribution in [0.5, 0.6) is 0 Å². The fraction of sp³-hybridized carbons (Fsp3) is 0.727. The summed E-state index contributed by atoms with van der Waals surface area (Å²) in [5, 5.41) is 23.5. The fourth-order valence-electron chi connectivity index (χ4n) is 10.6. The van der Waals surface area contributed by atoms with Gasteiger partial charge in [-0.2, -0.15) is 0 Å². The first-order valence-corrected chi connectivity index (χ1v) is 25.5. The number of aliphatic hydroxyl groups is 2. The van der Waals surface area contributed by atoms with Crippen molar-refractivity contribution in [2.24, 2.45) is 35.5 Å². The van der Waals surface area contributed by atoms with Gasteiger partial charge in [-0.25, -0.2) is 4.79 Å². The molecule has 0 unspecified atom stereocenters. The molecule has 4 rings (SSSR count). The van der Waals surface area contributed by atoms with Crippen LogP contribution in [0.1, 0.15) is 126 Å². The molecule has 3 heterocycles. The summed E-state index contributed by atoms with van der Waals surface area (Å²) in [6, 6.07) is -1.15. The third kappa shape index (κ3) is 16.0. The maximum atomic E-state index is 14.5. The molecule has 1 aliphatic carbocycles. The lowest BCUT2D eigenvalue weighted by Gasteiger charge is -2.42. The number of hydrogen-bond acceptors (Lipinski definition) is 14. The smallest absolute Gasteiger partial charge is 0.329 e. The fourth-order valence-corrected chi connectivity index (χ4v) is 10.6. The Morgan fingerprint density at radius 3 is 2.30 bits per heavy atom. The highest BCUT2D eigenvalue weighted by Gasteiger charge is 2.53. The number of aliphatic hydroxyl groups excluding tert-OH is 1. The molecule has 15 heteroatoms. The third-order valence-electron chi connectivity index (χ3n) is 15.1. The number of fused-ring (bicyclic) bond motifs is 3. The van der Waals surface area contributed by atoms with Gasteiger partial charge < -0.3 is 48.3 Å². The van der Waals surface area contributed by atoms with Crippen LogP contribution in [-0.4, -0.2) is 140 Å². The highest BCUT2D eigenvalue weighted by atomic mass is 16.6. The number of hydrogen-bond donors (Lipinski definition) is 2. The number of allylic oxidation sites excluding steroid dienone is 6. The minimum Gasteiger partial charge on any atom is -0.460 e. The van der Waals surface area contributed by atoms with Gasteiger partial charge in [0.1, 0.15) is 42.9 Å². The molecule has 2 saturated heterocycles. The Morgan fingerprint density at radius 2 is 1.61 bits per heavy atom. The summed E-state index contributed by atoms with van der Waals surface area (Å²) >= 11 is 0. The number of cyclic esters (lactones) is 1. The topological polar surface area (TPSA) is 194 Å². The number of nitrogens with zero attached hydrogens (tertiary/aromatic N) is 1. The van der Waals surface area contributed by atoms with Crippen LogP contribution in [0.25, 0.3) is 0 Å². The molecule has 0 radical (unpaired) electrons. The first-order chi connectivity index (χ1) is 33.3. The molecule has 4 aliphatic rings. The minimum atomic E-state index is -2.44. The molecule has 3 fully saturated rings. The molecule has 1 amide bonds. The van der Waals surface area contributed by atoms with Gasteiger partial charge in [0.25, 0.3) is 11.7 Å². The second-order valence-electron chi connectivity index (χ2n) is 20.4. The molecule has 2 bridgehead atoms. The van der Waals surface area contributed by atoms with Crippen LogP contribution in [-0.2, 0) is 57.1 Å². The Bertz CT molecular complexity index is 1920. The maximum absolute atomic E-state index is 14.5. The number of methoxy groups -OCH3 is 3. The second-order valence-corrected chi connectivity index (χ2v) is 20.4. The summed E-state index contributed by atoms with van der Waals surface area (Å²) in [7, 11) is 4.60. The van der Waals surface area contributed by atoms with Gasteiger partial charge in [0, 0.05) is 58.5 Å². The first-order valence-electron chi connectivity index (χ1n) is 25.5. The Balaban J connectivity index is 1.68. The zero-order valence-electron chi connectivity index (χ0n) is 43.5. The molecule has 392 valence electrons. The van der Waals surface area contributed by atoms with Gasteiger partial charge in [-0.3, -0.25) is 19.2 Å². The molecule has 0 spiro atoms. The molecule has 0 aromatic carbocycles. The minimum absolute atomic E-state index is 0.0141. The molecule has 15 atom stereocenters. The molecule has 1 saturated carbocycles. The third-order valence-corrected chi connectivity index (χ3v) is 15.1. The Labute approximate surface area is 417 Å². The zero-order valence-corrected chi connectivity index (χ0v) is 43.5. The maximum Gasteiger partial charge on any atom is 0.329 e. The summed E-state index contributed by atoms with van der Waals surface area (Å²) in [5.41, 5.74) is 1.26.